The van der Waals surface area contributed by atoms with E-state index in [1.165, 1.54) is 30.0 Å². The molecule has 7 heteroatoms. The molecule has 1 fully saturated rings. The van der Waals surface area contributed by atoms with E-state index in [9.17, 15) is 0 Å². The second-order valence-electron chi connectivity index (χ2n) is 7.48. The highest BCUT2D eigenvalue weighted by atomic mass is 127. The maximum atomic E-state index is 4.98. The van der Waals surface area contributed by atoms with Gasteiger partial charge in [-0.25, -0.2) is 0 Å². The second kappa shape index (κ2) is 11.8. The first-order valence-electron chi connectivity index (χ1n) is 10.00. The van der Waals surface area contributed by atoms with Crippen molar-refractivity contribution in [3.63, 3.8) is 0 Å². The standard InChI is InChI=1S/C21H33N5S.HI/c1-4-22-21(25(3)16-19-9-6-11-24(19)2)23-14-18-8-5-12-26(15-18)17-20-10-7-13-27-20;/h6-7,9-11,13,18H,4-5,8,12,14-17H2,1-3H3,(H,22,23);1H. The molecule has 0 radical (unpaired) electrons. The number of aliphatic imine (C=N–C) groups is 1. The number of aryl methyl sites for hydroxylation is 1. The van der Waals surface area contributed by atoms with Crippen LogP contribution in [0.4, 0.5) is 0 Å². The molecule has 0 amide bonds. The van der Waals surface area contributed by atoms with Gasteiger partial charge in [-0.2, -0.15) is 0 Å². The topological polar surface area (TPSA) is 35.8 Å². The van der Waals surface area contributed by atoms with Crippen molar-refractivity contribution in [2.45, 2.75) is 32.9 Å². The first kappa shape index (κ1) is 23.2. The zero-order valence-corrected chi connectivity index (χ0v) is 20.5. The predicted molar refractivity (Wildman–Crippen MR) is 131 cm³/mol. The van der Waals surface area contributed by atoms with Gasteiger partial charge >= 0.3 is 0 Å². The molecule has 1 N–H and O–H groups in total. The highest BCUT2D eigenvalue weighted by Gasteiger charge is 2.20. The Balaban J connectivity index is 0.00000280. The van der Waals surface area contributed by atoms with Crippen LogP contribution in [-0.4, -0.2) is 53.6 Å². The van der Waals surface area contributed by atoms with Crippen molar-refractivity contribution in [1.29, 1.82) is 0 Å². The molecule has 5 nitrogen and oxygen atoms in total. The van der Waals surface area contributed by atoms with Gasteiger partial charge in [-0.1, -0.05) is 6.07 Å². The lowest BCUT2D eigenvalue weighted by Crippen LogP contribution is -2.40. The van der Waals surface area contributed by atoms with Crippen LogP contribution >= 0.6 is 35.3 Å². The van der Waals surface area contributed by atoms with Gasteiger partial charge in [-0.15, -0.1) is 35.3 Å². The number of piperidine rings is 1. The molecule has 28 heavy (non-hydrogen) atoms. The van der Waals surface area contributed by atoms with Crippen molar-refractivity contribution < 1.29 is 0 Å². The molecule has 1 aliphatic heterocycles. The van der Waals surface area contributed by atoms with Gasteiger partial charge in [0.25, 0.3) is 0 Å². The third-order valence-corrected chi connectivity index (χ3v) is 6.07. The SMILES string of the molecule is CCNC(=NCC1CCCN(Cc2cccs2)C1)N(C)Cc1cccn1C.I. The maximum Gasteiger partial charge on any atom is 0.194 e. The summed E-state index contributed by atoms with van der Waals surface area (Å²) in [6.45, 7) is 8.26. The Morgan fingerprint density at radius 1 is 1.36 bits per heavy atom. The molecular weight excluding hydrogens is 481 g/mol. The van der Waals surface area contributed by atoms with Gasteiger partial charge < -0.3 is 14.8 Å². The van der Waals surface area contributed by atoms with Crippen molar-refractivity contribution in [3.8, 4) is 0 Å². The van der Waals surface area contributed by atoms with Crippen molar-refractivity contribution in [2.24, 2.45) is 18.0 Å². The summed E-state index contributed by atoms with van der Waals surface area (Å²) in [6, 6.07) is 8.66. The normalized spacial score (nSPS) is 18.0. The Bertz CT molecular complexity index is 712. The highest BCUT2D eigenvalue weighted by molar-refractivity contribution is 14.0. The molecule has 156 valence electrons. The Hall–Kier alpha value is -1.06. The number of likely N-dealkylation sites (tertiary alicyclic amines) is 1. The van der Waals surface area contributed by atoms with Gasteiger partial charge in [0.1, 0.15) is 0 Å². The number of thiophene rings is 1. The molecule has 3 heterocycles. The van der Waals surface area contributed by atoms with Gasteiger partial charge in [0.2, 0.25) is 0 Å². The molecule has 0 aliphatic carbocycles. The van der Waals surface area contributed by atoms with Crippen LogP contribution in [0.3, 0.4) is 0 Å². The Morgan fingerprint density at radius 3 is 2.89 bits per heavy atom. The summed E-state index contributed by atoms with van der Waals surface area (Å²) in [5.74, 6) is 1.66. The van der Waals surface area contributed by atoms with Crippen molar-refractivity contribution >= 4 is 41.3 Å². The first-order chi connectivity index (χ1) is 13.2. The molecule has 1 atom stereocenters. The van der Waals surface area contributed by atoms with Crippen LogP contribution in [0.15, 0.2) is 40.8 Å². The molecule has 0 saturated carbocycles. The third-order valence-electron chi connectivity index (χ3n) is 5.21. The predicted octanol–water partition coefficient (Wildman–Crippen LogP) is 4.01. The Morgan fingerprint density at radius 2 is 2.21 bits per heavy atom. The lowest BCUT2D eigenvalue weighted by Gasteiger charge is -2.32. The lowest BCUT2D eigenvalue weighted by atomic mass is 9.98. The summed E-state index contributed by atoms with van der Waals surface area (Å²) in [6.07, 6.45) is 4.66. The number of rotatable bonds is 7. The van der Waals surface area contributed by atoms with E-state index in [-0.39, 0.29) is 24.0 Å². The first-order valence-corrected chi connectivity index (χ1v) is 10.9. The molecule has 1 unspecified atom stereocenters. The van der Waals surface area contributed by atoms with Crippen molar-refractivity contribution in [2.75, 3.05) is 33.2 Å². The number of hydrogen-bond acceptors (Lipinski definition) is 3. The van der Waals surface area contributed by atoms with Gasteiger partial charge in [-0.05, 0) is 55.8 Å². The zero-order chi connectivity index (χ0) is 19.1. The maximum absolute atomic E-state index is 4.98. The number of nitrogens with one attached hydrogen (secondary N) is 1. The average molecular weight is 516 g/mol. The van der Waals surface area contributed by atoms with Crippen LogP contribution in [-0.2, 0) is 20.1 Å². The smallest absolute Gasteiger partial charge is 0.194 e. The highest BCUT2D eigenvalue weighted by Crippen LogP contribution is 2.20. The number of aromatic nitrogens is 1. The van der Waals surface area contributed by atoms with E-state index in [1.54, 1.807) is 0 Å². The van der Waals surface area contributed by atoms with E-state index in [1.807, 2.05) is 11.3 Å². The quantitative estimate of drug-likeness (QED) is 0.344. The van der Waals surface area contributed by atoms with Crippen LogP contribution in [0.5, 0.6) is 0 Å². The summed E-state index contributed by atoms with van der Waals surface area (Å²) in [7, 11) is 4.22. The fraction of sp³-hybridized carbons (Fsp3) is 0.571. The summed E-state index contributed by atoms with van der Waals surface area (Å²) >= 11 is 1.86. The van der Waals surface area contributed by atoms with E-state index in [0.29, 0.717) is 5.92 Å². The van der Waals surface area contributed by atoms with Crippen LogP contribution in [0.2, 0.25) is 0 Å². The summed E-state index contributed by atoms with van der Waals surface area (Å²) < 4.78 is 2.17. The Kier molecular flexibility index (Phi) is 9.81. The average Bonchev–Trinajstić information content (AvgIpc) is 3.31. The molecule has 2 aromatic rings. The summed E-state index contributed by atoms with van der Waals surface area (Å²) in [5, 5.41) is 5.63. The fourth-order valence-corrected chi connectivity index (χ4v) is 4.48. The second-order valence-corrected chi connectivity index (χ2v) is 8.52. The van der Waals surface area contributed by atoms with Gasteiger partial charge in [0.05, 0.1) is 6.54 Å². The Labute approximate surface area is 190 Å². The molecule has 2 aromatic heterocycles. The third kappa shape index (κ3) is 6.77. The zero-order valence-electron chi connectivity index (χ0n) is 17.3. The minimum Gasteiger partial charge on any atom is -0.357 e. The van der Waals surface area contributed by atoms with Crippen LogP contribution in [0, 0.1) is 5.92 Å². The minimum atomic E-state index is 0. The summed E-state index contributed by atoms with van der Waals surface area (Å²) in [5.41, 5.74) is 1.29. The van der Waals surface area contributed by atoms with E-state index in [0.717, 1.165) is 38.7 Å². The van der Waals surface area contributed by atoms with E-state index < -0.39 is 0 Å². The number of hydrogen-bond donors (Lipinski definition) is 1. The lowest BCUT2D eigenvalue weighted by molar-refractivity contribution is 0.172. The molecule has 3 rings (SSSR count). The van der Waals surface area contributed by atoms with E-state index in [4.69, 9.17) is 4.99 Å². The van der Waals surface area contributed by atoms with Crippen LogP contribution < -0.4 is 5.32 Å². The fourth-order valence-electron chi connectivity index (χ4n) is 3.73. The number of nitrogens with zero attached hydrogens (tertiary/aromatic N) is 4. The molecule has 1 saturated heterocycles. The molecule has 1 aliphatic rings. The molecule has 0 spiro atoms. The van der Waals surface area contributed by atoms with E-state index >= 15 is 0 Å². The minimum absolute atomic E-state index is 0. The summed E-state index contributed by atoms with van der Waals surface area (Å²) in [4.78, 5) is 11.3. The molecule has 0 aromatic carbocycles. The molecular formula is C21H34IN5S. The number of guanidine groups is 1. The van der Waals surface area contributed by atoms with Gasteiger partial charge in [0.15, 0.2) is 5.96 Å². The largest absolute Gasteiger partial charge is 0.357 e. The van der Waals surface area contributed by atoms with Crippen molar-refractivity contribution in [3.05, 3.63) is 46.4 Å². The van der Waals surface area contributed by atoms with Crippen LogP contribution in [0.25, 0.3) is 0 Å². The van der Waals surface area contributed by atoms with Gasteiger partial charge in [-0.3, -0.25) is 9.89 Å². The monoisotopic (exact) mass is 515 g/mol. The molecule has 0 bridgehead atoms. The van der Waals surface area contributed by atoms with E-state index in [2.05, 4.69) is 76.5 Å². The van der Waals surface area contributed by atoms with Crippen molar-refractivity contribution in [1.82, 2.24) is 19.7 Å². The number of halogens is 1. The van der Waals surface area contributed by atoms with Gasteiger partial charge in [0, 0.05) is 57.0 Å². The van der Waals surface area contributed by atoms with Crippen LogP contribution in [0.1, 0.15) is 30.3 Å².